The number of rotatable bonds is 4. The van der Waals surface area contributed by atoms with Crippen molar-refractivity contribution in [2.24, 2.45) is 0 Å². The number of aromatic nitrogens is 1. The summed E-state index contributed by atoms with van der Waals surface area (Å²) in [4.78, 5) is 16.5. The SMILES string of the molecule is Cc1cc(-c2ccc(NC(=O)NC(C)c3ccccc3C)cc2)ccn1. The van der Waals surface area contributed by atoms with Crippen LogP contribution < -0.4 is 10.6 Å². The molecular weight excluding hydrogens is 322 g/mol. The van der Waals surface area contributed by atoms with Crippen LogP contribution in [0.1, 0.15) is 29.8 Å². The van der Waals surface area contributed by atoms with E-state index in [2.05, 4.69) is 15.6 Å². The highest BCUT2D eigenvalue weighted by Gasteiger charge is 2.11. The van der Waals surface area contributed by atoms with E-state index in [-0.39, 0.29) is 12.1 Å². The number of hydrogen-bond donors (Lipinski definition) is 2. The van der Waals surface area contributed by atoms with Gasteiger partial charge in [-0.25, -0.2) is 4.79 Å². The van der Waals surface area contributed by atoms with Crippen LogP contribution in [0.5, 0.6) is 0 Å². The van der Waals surface area contributed by atoms with Crippen LogP contribution in [0.15, 0.2) is 66.9 Å². The Hall–Kier alpha value is -3.14. The summed E-state index contributed by atoms with van der Waals surface area (Å²) in [5.74, 6) is 0. The number of benzene rings is 2. The fraction of sp³-hybridized carbons (Fsp3) is 0.182. The largest absolute Gasteiger partial charge is 0.331 e. The van der Waals surface area contributed by atoms with E-state index in [1.165, 1.54) is 0 Å². The first kappa shape index (κ1) is 17.7. The molecule has 1 heterocycles. The highest BCUT2D eigenvalue weighted by molar-refractivity contribution is 5.89. The summed E-state index contributed by atoms with van der Waals surface area (Å²) in [7, 11) is 0. The maximum atomic E-state index is 12.3. The number of urea groups is 1. The number of carbonyl (C=O) groups is 1. The molecule has 1 aromatic heterocycles. The van der Waals surface area contributed by atoms with Gasteiger partial charge in [-0.2, -0.15) is 0 Å². The van der Waals surface area contributed by atoms with Crippen LogP contribution in [-0.4, -0.2) is 11.0 Å². The summed E-state index contributed by atoms with van der Waals surface area (Å²) in [6.07, 6.45) is 1.80. The van der Waals surface area contributed by atoms with Gasteiger partial charge in [-0.1, -0.05) is 36.4 Å². The van der Waals surface area contributed by atoms with E-state index in [1.54, 1.807) is 6.20 Å². The summed E-state index contributed by atoms with van der Waals surface area (Å²) in [5.41, 5.74) is 6.23. The quantitative estimate of drug-likeness (QED) is 0.679. The molecule has 0 spiro atoms. The van der Waals surface area contributed by atoms with Crippen LogP contribution in [0.4, 0.5) is 10.5 Å². The standard InChI is InChI=1S/C22H23N3O/c1-15-6-4-5-7-21(15)17(3)24-22(26)25-20-10-8-18(9-11-20)19-12-13-23-16(2)14-19/h4-14,17H,1-3H3,(H2,24,25,26). The van der Waals surface area contributed by atoms with Gasteiger partial charge < -0.3 is 10.6 Å². The van der Waals surface area contributed by atoms with Gasteiger partial charge in [0.05, 0.1) is 6.04 Å². The Labute approximate surface area is 154 Å². The summed E-state index contributed by atoms with van der Waals surface area (Å²) in [6, 6.07) is 19.6. The number of amides is 2. The van der Waals surface area contributed by atoms with Crippen molar-refractivity contribution in [2.45, 2.75) is 26.8 Å². The molecule has 0 aliphatic rings. The lowest BCUT2D eigenvalue weighted by atomic mass is 10.0. The second kappa shape index (κ2) is 7.83. The van der Waals surface area contributed by atoms with Gasteiger partial charge in [0.15, 0.2) is 0 Å². The van der Waals surface area contributed by atoms with Crippen molar-refractivity contribution in [3.05, 3.63) is 83.7 Å². The average molecular weight is 345 g/mol. The molecule has 0 saturated carbocycles. The molecule has 1 atom stereocenters. The first-order chi connectivity index (χ1) is 12.5. The molecule has 132 valence electrons. The van der Waals surface area contributed by atoms with Gasteiger partial charge in [-0.3, -0.25) is 4.98 Å². The lowest BCUT2D eigenvalue weighted by Gasteiger charge is -2.17. The number of hydrogen-bond acceptors (Lipinski definition) is 2. The van der Waals surface area contributed by atoms with Gasteiger partial charge >= 0.3 is 6.03 Å². The van der Waals surface area contributed by atoms with Gasteiger partial charge in [0.2, 0.25) is 0 Å². The van der Waals surface area contributed by atoms with Gasteiger partial charge in [-0.15, -0.1) is 0 Å². The predicted octanol–water partition coefficient (Wildman–Crippen LogP) is 5.25. The highest BCUT2D eigenvalue weighted by Crippen LogP contribution is 2.22. The molecule has 26 heavy (non-hydrogen) atoms. The molecule has 2 N–H and O–H groups in total. The van der Waals surface area contributed by atoms with Crippen molar-refractivity contribution in [3.8, 4) is 11.1 Å². The topological polar surface area (TPSA) is 54.0 Å². The lowest BCUT2D eigenvalue weighted by Crippen LogP contribution is -2.31. The second-order valence-corrected chi connectivity index (χ2v) is 6.44. The van der Waals surface area contributed by atoms with Crippen molar-refractivity contribution in [1.29, 1.82) is 0 Å². The number of pyridine rings is 1. The van der Waals surface area contributed by atoms with Crippen molar-refractivity contribution in [1.82, 2.24) is 10.3 Å². The molecule has 0 radical (unpaired) electrons. The van der Waals surface area contributed by atoms with Crippen LogP contribution in [0, 0.1) is 13.8 Å². The summed E-state index contributed by atoms with van der Waals surface area (Å²) in [5, 5.41) is 5.87. The Morgan fingerprint density at radius 1 is 0.962 bits per heavy atom. The molecule has 1 unspecified atom stereocenters. The van der Waals surface area contributed by atoms with Crippen LogP contribution >= 0.6 is 0 Å². The van der Waals surface area contributed by atoms with Gasteiger partial charge in [0.1, 0.15) is 0 Å². The van der Waals surface area contributed by atoms with E-state index < -0.39 is 0 Å². The molecule has 4 nitrogen and oxygen atoms in total. The number of nitrogens with one attached hydrogen (secondary N) is 2. The minimum absolute atomic E-state index is 0.0599. The molecule has 0 aliphatic carbocycles. The zero-order valence-corrected chi connectivity index (χ0v) is 15.3. The predicted molar refractivity (Wildman–Crippen MR) is 106 cm³/mol. The molecule has 0 saturated heterocycles. The van der Waals surface area contributed by atoms with E-state index in [4.69, 9.17) is 0 Å². The summed E-state index contributed by atoms with van der Waals surface area (Å²) in [6.45, 7) is 6.00. The van der Waals surface area contributed by atoms with Crippen LogP contribution in [0.2, 0.25) is 0 Å². The Bertz CT molecular complexity index is 903. The van der Waals surface area contributed by atoms with E-state index in [9.17, 15) is 4.79 Å². The summed E-state index contributed by atoms with van der Waals surface area (Å²) >= 11 is 0. The minimum Gasteiger partial charge on any atom is -0.331 e. The van der Waals surface area contributed by atoms with Crippen molar-refractivity contribution >= 4 is 11.7 Å². The molecule has 0 bridgehead atoms. The Morgan fingerprint density at radius 3 is 2.38 bits per heavy atom. The monoisotopic (exact) mass is 345 g/mol. The fourth-order valence-corrected chi connectivity index (χ4v) is 2.99. The molecular formula is C22H23N3O. The van der Waals surface area contributed by atoms with Crippen molar-refractivity contribution in [2.75, 3.05) is 5.32 Å². The maximum Gasteiger partial charge on any atom is 0.319 e. The normalized spacial score (nSPS) is 11.7. The van der Waals surface area contributed by atoms with Gasteiger partial charge in [-0.05, 0) is 67.3 Å². The Kier molecular flexibility index (Phi) is 5.32. The van der Waals surface area contributed by atoms with E-state index in [1.807, 2.05) is 81.4 Å². The molecule has 3 rings (SSSR count). The van der Waals surface area contributed by atoms with Crippen molar-refractivity contribution in [3.63, 3.8) is 0 Å². The first-order valence-electron chi connectivity index (χ1n) is 8.69. The molecule has 4 heteroatoms. The molecule has 0 fully saturated rings. The third kappa shape index (κ3) is 4.28. The zero-order chi connectivity index (χ0) is 18.5. The summed E-state index contributed by atoms with van der Waals surface area (Å²) < 4.78 is 0. The fourth-order valence-electron chi connectivity index (χ4n) is 2.99. The minimum atomic E-state index is -0.215. The van der Waals surface area contributed by atoms with Gasteiger partial charge in [0, 0.05) is 17.6 Å². The average Bonchev–Trinajstić information content (AvgIpc) is 2.62. The lowest BCUT2D eigenvalue weighted by molar-refractivity contribution is 0.249. The van der Waals surface area contributed by atoms with Crippen LogP contribution in [-0.2, 0) is 0 Å². The molecule has 0 aliphatic heterocycles. The Balaban J connectivity index is 1.64. The van der Waals surface area contributed by atoms with E-state index in [0.717, 1.165) is 33.6 Å². The Morgan fingerprint density at radius 2 is 1.69 bits per heavy atom. The smallest absolute Gasteiger partial charge is 0.319 e. The molecule has 3 aromatic rings. The maximum absolute atomic E-state index is 12.3. The van der Waals surface area contributed by atoms with Crippen LogP contribution in [0.3, 0.4) is 0 Å². The van der Waals surface area contributed by atoms with E-state index in [0.29, 0.717) is 0 Å². The molecule has 2 amide bonds. The number of anilines is 1. The zero-order valence-electron chi connectivity index (χ0n) is 15.3. The van der Waals surface area contributed by atoms with Gasteiger partial charge in [0.25, 0.3) is 0 Å². The van der Waals surface area contributed by atoms with E-state index >= 15 is 0 Å². The molecule has 2 aromatic carbocycles. The number of nitrogens with zero attached hydrogens (tertiary/aromatic N) is 1. The number of carbonyl (C=O) groups excluding carboxylic acids is 1. The third-order valence-electron chi connectivity index (χ3n) is 4.38. The second-order valence-electron chi connectivity index (χ2n) is 6.44. The third-order valence-corrected chi connectivity index (χ3v) is 4.38. The number of aryl methyl sites for hydroxylation is 2. The first-order valence-corrected chi connectivity index (χ1v) is 8.69. The van der Waals surface area contributed by atoms with Crippen molar-refractivity contribution < 1.29 is 4.79 Å². The van der Waals surface area contributed by atoms with Crippen LogP contribution in [0.25, 0.3) is 11.1 Å². The highest BCUT2D eigenvalue weighted by atomic mass is 16.2.